The highest BCUT2D eigenvalue weighted by molar-refractivity contribution is 5.33. The van der Waals surface area contributed by atoms with Crippen LogP contribution < -0.4 is 4.74 Å². The lowest BCUT2D eigenvalue weighted by atomic mass is 9.75. The van der Waals surface area contributed by atoms with Crippen LogP contribution in [0.4, 0.5) is 0 Å². The van der Waals surface area contributed by atoms with Crippen LogP contribution in [0.25, 0.3) is 0 Å². The van der Waals surface area contributed by atoms with Crippen molar-refractivity contribution in [1.29, 1.82) is 0 Å². The average molecular weight is 352 g/mol. The first-order chi connectivity index (χ1) is 12.7. The van der Waals surface area contributed by atoms with Crippen LogP contribution in [0.2, 0.25) is 0 Å². The van der Waals surface area contributed by atoms with Crippen molar-refractivity contribution < 1.29 is 4.74 Å². The molecule has 1 N–H and O–H groups in total. The van der Waals surface area contributed by atoms with E-state index in [9.17, 15) is 0 Å². The van der Waals surface area contributed by atoms with Crippen molar-refractivity contribution in [3.8, 4) is 5.75 Å². The molecule has 138 valence electrons. The first kappa shape index (κ1) is 16.3. The molecule has 1 aromatic heterocycles. The number of benzene rings is 1. The Morgan fingerprint density at radius 2 is 1.92 bits per heavy atom. The van der Waals surface area contributed by atoms with Crippen LogP contribution in [0.1, 0.15) is 35.8 Å². The maximum atomic E-state index is 5.36. The van der Waals surface area contributed by atoms with Crippen molar-refractivity contribution in [2.24, 2.45) is 5.92 Å². The van der Waals surface area contributed by atoms with E-state index in [4.69, 9.17) is 4.74 Å². The van der Waals surface area contributed by atoms with Gasteiger partial charge in [-0.25, -0.2) is 4.98 Å². The van der Waals surface area contributed by atoms with Gasteiger partial charge in [0.25, 0.3) is 0 Å². The Balaban J connectivity index is 1.45. The molecule has 2 aromatic rings. The molecule has 4 aliphatic rings. The van der Waals surface area contributed by atoms with Gasteiger partial charge in [-0.3, -0.25) is 9.80 Å². The number of H-pyrrole nitrogens is 1. The van der Waals surface area contributed by atoms with Crippen LogP contribution >= 0.6 is 0 Å². The maximum Gasteiger partial charge on any atom is 0.118 e. The zero-order chi connectivity index (χ0) is 17.7. The average Bonchev–Trinajstić information content (AvgIpc) is 3.28. The van der Waals surface area contributed by atoms with Crippen LogP contribution in [-0.2, 0) is 6.54 Å². The van der Waals surface area contributed by atoms with Gasteiger partial charge in [0.2, 0.25) is 0 Å². The molecule has 5 heteroatoms. The smallest absolute Gasteiger partial charge is 0.118 e. The van der Waals surface area contributed by atoms with E-state index >= 15 is 0 Å². The summed E-state index contributed by atoms with van der Waals surface area (Å²) in [6.07, 6.45) is 4.72. The summed E-state index contributed by atoms with van der Waals surface area (Å²) in [6, 6.07) is 10.1. The van der Waals surface area contributed by atoms with E-state index in [1.807, 2.05) is 13.1 Å². The van der Waals surface area contributed by atoms with Gasteiger partial charge in [-0.1, -0.05) is 12.1 Å². The molecule has 0 aliphatic carbocycles. The number of likely N-dealkylation sites (tertiary alicyclic amines) is 1. The Bertz CT molecular complexity index is 763. The second kappa shape index (κ2) is 6.39. The third-order valence-corrected chi connectivity index (χ3v) is 6.77. The minimum Gasteiger partial charge on any atom is -0.497 e. The van der Waals surface area contributed by atoms with Gasteiger partial charge in [-0.2, -0.15) is 0 Å². The second-order valence-corrected chi connectivity index (χ2v) is 8.16. The first-order valence-corrected chi connectivity index (χ1v) is 9.85. The highest BCUT2D eigenvalue weighted by atomic mass is 16.5. The van der Waals surface area contributed by atoms with Gasteiger partial charge in [0.05, 0.1) is 7.11 Å². The molecule has 4 fully saturated rings. The van der Waals surface area contributed by atoms with Crippen LogP contribution in [0.3, 0.4) is 0 Å². The van der Waals surface area contributed by atoms with Gasteiger partial charge in [0.1, 0.15) is 11.6 Å². The lowest BCUT2D eigenvalue weighted by Crippen LogP contribution is -2.60. The van der Waals surface area contributed by atoms with E-state index in [1.165, 1.54) is 37.2 Å². The summed E-state index contributed by atoms with van der Waals surface area (Å²) in [4.78, 5) is 13.3. The Morgan fingerprint density at radius 3 is 2.58 bits per heavy atom. The number of ether oxygens (including phenoxy) is 1. The van der Waals surface area contributed by atoms with Gasteiger partial charge in [-0.15, -0.1) is 0 Å². The number of fused-ring (bicyclic) bond motifs is 2. The third kappa shape index (κ3) is 2.65. The summed E-state index contributed by atoms with van der Waals surface area (Å²) in [5, 5.41) is 0. The molecule has 2 bridgehead atoms. The number of nitrogens with one attached hydrogen (secondary N) is 1. The normalized spacial score (nSPS) is 33.4. The van der Waals surface area contributed by atoms with Gasteiger partial charge < -0.3 is 9.72 Å². The predicted molar refractivity (Wildman–Crippen MR) is 101 cm³/mol. The number of methoxy groups -OCH3 is 1. The first-order valence-electron chi connectivity index (χ1n) is 9.85. The lowest BCUT2D eigenvalue weighted by Gasteiger charge is -2.51. The Labute approximate surface area is 155 Å². The highest BCUT2D eigenvalue weighted by Crippen LogP contribution is 2.47. The minimum atomic E-state index is 0.582. The number of rotatable bonds is 4. The maximum absolute atomic E-state index is 5.36. The van der Waals surface area contributed by atoms with Crippen molar-refractivity contribution in [2.75, 3.05) is 26.7 Å². The summed E-state index contributed by atoms with van der Waals surface area (Å²) >= 11 is 0. The minimum absolute atomic E-state index is 0.582. The Morgan fingerprint density at radius 1 is 1.15 bits per heavy atom. The van der Waals surface area contributed by atoms with Crippen molar-refractivity contribution in [3.63, 3.8) is 0 Å². The summed E-state index contributed by atoms with van der Waals surface area (Å²) in [5.41, 5.74) is 2.70. The second-order valence-electron chi connectivity index (χ2n) is 8.16. The number of imidazole rings is 1. The van der Waals surface area contributed by atoms with Crippen molar-refractivity contribution in [2.45, 2.75) is 44.3 Å². The monoisotopic (exact) mass is 352 g/mol. The molecule has 6 rings (SSSR count). The molecule has 1 aromatic carbocycles. The molecular weight excluding hydrogens is 324 g/mol. The molecule has 0 amide bonds. The van der Waals surface area contributed by atoms with Gasteiger partial charge in [0.15, 0.2) is 0 Å². The molecule has 3 atom stereocenters. The number of aryl methyl sites for hydroxylation is 1. The highest BCUT2D eigenvalue weighted by Gasteiger charge is 2.53. The topological polar surface area (TPSA) is 44.4 Å². The van der Waals surface area contributed by atoms with Crippen LogP contribution in [0.5, 0.6) is 5.75 Å². The summed E-state index contributed by atoms with van der Waals surface area (Å²) in [5.74, 6) is 3.38. The van der Waals surface area contributed by atoms with Crippen molar-refractivity contribution in [3.05, 3.63) is 47.5 Å². The number of hydrogen-bond donors (Lipinski definition) is 1. The molecular formula is C21H28N4O. The fraction of sp³-hybridized carbons (Fsp3) is 0.571. The molecule has 4 aliphatic heterocycles. The van der Waals surface area contributed by atoms with E-state index in [1.54, 1.807) is 7.11 Å². The zero-order valence-corrected chi connectivity index (χ0v) is 15.7. The Kier molecular flexibility index (Phi) is 4.02. The fourth-order valence-electron chi connectivity index (χ4n) is 5.64. The predicted octanol–water partition coefficient (Wildman–Crippen LogP) is 2.79. The third-order valence-electron chi connectivity index (χ3n) is 6.77. The Hall–Kier alpha value is -1.85. The van der Waals surface area contributed by atoms with Crippen LogP contribution in [0.15, 0.2) is 30.5 Å². The molecule has 5 nitrogen and oxygen atoms in total. The van der Waals surface area contributed by atoms with E-state index in [0.717, 1.165) is 30.6 Å². The summed E-state index contributed by atoms with van der Waals surface area (Å²) < 4.78 is 5.36. The van der Waals surface area contributed by atoms with E-state index in [-0.39, 0.29) is 0 Å². The summed E-state index contributed by atoms with van der Waals surface area (Å²) in [7, 11) is 1.74. The van der Waals surface area contributed by atoms with Crippen molar-refractivity contribution >= 4 is 0 Å². The molecule has 26 heavy (non-hydrogen) atoms. The number of aromatic amines is 1. The van der Waals surface area contributed by atoms with E-state index in [0.29, 0.717) is 18.0 Å². The number of nitrogens with zero attached hydrogens (tertiary/aromatic N) is 3. The SMILES string of the molecule is COc1ccc([C@H]2CN(Cc3cnc(C)[nH]3)[C@H]3C4CCN(CC4)[C@@H]23)cc1. The summed E-state index contributed by atoms with van der Waals surface area (Å²) in [6.45, 7) is 6.70. The van der Waals surface area contributed by atoms with Gasteiger partial charge in [0, 0.05) is 43.0 Å². The standard InChI is InChI=1S/C21H28N4O/c1-14-22-11-17(23-14)12-25-13-19(15-3-5-18(26-2)6-4-15)21-20(25)16-7-9-24(21)10-8-16/h3-6,11,16,19-21H,7-10,12-13H2,1-2H3,(H,22,23)/t19-,20+,21+/m1/s1. The quantitative estimate of drug-likeness (QED) is 0.919. The van der Waals surface area contributed by atoms with E-state index < -0.39 is 0 Å². The molecule has 0 saturated carbocycles. The molecule has 0 radical (unpaired) electrons. The molecule has 4 saturated heterocycles. The molecule has 0 spiro atoms. The number of aromatic nitrogens is 2. The zero-order valence-electron chi connectivity index (χ0n) is 15.7. The lowest BCUT2D eigenvalue weighted by molar-refractivity contribution is -0.00895. The van der Waals surface area contributed by atoms with E-state index in [2.05, 4.69) is 44.0 Å². The van der Waals surface area contributed by atoms with Crippen molar-refractivity contribution in [1.82, 2.24) is 19.8 Å². The van der Waals surface area contributed by atoms with Gasteiger partial charge in [-0.05, 0) is 56.5 Å². The van der Waals surface area contributed by atoms with Gasteiger partial charge >= 0.3 is 0 Å². The number of hydrogen-bond acceptors (Lipinski definition) is 4. The van der Waals surface area contributed by atoms with Crippen LogP contribution in [0, 0.1) is 12.8 Å². The van der Waals surface area contributed by atoms with Crippen LogP contribution in [-0.4, -0.2) is 58.6 Å². The number of piperidine rings is 3. The fourth-order valence-corrected chi connectivity index (χ4v) is 5.64. The molecule has 5 heterocycles. The molecule has 0 unspecified atom stereocenters. The largest absolute Gasteiger partial charge is 0.497 e.